The molecule has 0 N–H and O–H groups in total. The third kappa shape index (κ3) is 1.94. The molecule has 0 saturated carbocycles. The van der Waals surface area contributed by atoms with Gasteiger partial charge in [0.15, 0.2) is 5.78 Å². The van der Waals surface area contributed by atoms with E-state index >= 15 is 0 Å². The van der Waals surface area contributed by atoms with Crippen molar-refractivity contribution in [2.24, 2.45) is 5.92 Å². The Morgan fingerprint density at radius 1 is 1.25 bits per heavy atom. The molecule has 1 rings (SSSR count). The zero-order valence-corrected chi connectivity index (χ0v) is 7.50. The Balaban J connectivity index is 2.90. The van der Waals surface area contributed by atoms with Crippen molar-refractivity contribution in [3.63, 3.8) is 0 Å². The average Bonchev–Trinajstić information content (AvgIpc) is 2.04. The average molecular weight is 161 g/mol. The minimum atomic E-state index is 0.0701. The van der Waals surface area contributed by atoms with Gasteiger partial charge in [-0.3, -0.25) is 4.79 Å². The fourth-order valence-corrected chi connectivity index (χ4v) is 1.00. The third-order valence-electron chi connectivity index (χ3n) is 1.76. The minimum Gasteiger partial charge on any atom is -0.294 e. The van der Waals surface area contributed by atoms with Gasteiger partial charge in [-0.15, -0.1) is 0 Å². The summed E-state index contributed by atoms with van der Waals surface area (Å²) in [5, 5.41) is 0. The Hall–Kier alpha value is -1.11. The molecule has 1 aromatic rings. The molecule has 1 aromatic carbocycles. The van der Waals surface area contributed by atoms with Crippen LogP contribution >= 0.6 is 0 Å². The lowest BCUT2D eigenvalue weighted by atomic mass is 10.0. The Labute approximate surface area is 73.4 Å². The van der Waals surface area contributed by atoms with Crippen molar-refractivity contribution < 1.29 is 4.79 Å². The SMILES string of the molecule is [CH2]c1ccc(C(=O)C(C)C)cc1. The lowest BCUT2D eigenvalue weighted by molar-refractivity contribution is 0.0939. The predicted molar refractivity (Wildman–Crippen MR) is 50.1 cm³/mol. The molecule has 0 aliphatic carbocycles. The topological polar surface area (TPSA) is 17.1 Å². The van der Waals surface area contributed by atoms with Crippen LogP contribution in [0.15, 0.2) is 24.3 Å². The first-order valence-electron chi connectivity index (χ1n) is 4.07. The highest BCUT2D eigenvalue weighted by Gasteiger charge is 2.08. The minimum absolute atomic E-state index is 0.0701. The highest BCUT2D eigenvalue weighted by atomic mass is 16.1. The summed E-state index contributed by atoms with van der Waals surface area (Å²) in [5.74, 6) is 0.260. The highest BCUT2D eigenvalue weighted by Crippen LogP contribution is 2.09. The summed E-state index contributed by atoms with van der Waals surface area (Å²) >= 11 is 0. The predicted octanol–water partition coefficient (Wildman–Crippen LogP) is 2.71. The number of hydrogen-bond acceptors (Lipinski definition) is 1. The molecule has 0 atom stereocenters. The fourth-order valence-electron chi connectivity index (χ4n) is 1.00. The number of carbonyl (C=O) groups is 1. The summed E-state index contributed by atoms with van der Waals surface area (Å²) in [6.45, 7) is 7.56. The number of Topliss-reactive ketones (excluding diaryl/α,β-unsaturated/α-hetero) is 1. The van der Waals surface area contributed by atoms with Gasteiger partial charge in [-0.25, -0.2) is 0 Å². The van der Waals surface area contributed by atoms with Gasteiger partial charge < -0.3 is 0 Å². The molecule has 0 aromatic heterocycles. The molecule has 0 aliphatic heterocycles. The molecule has 1 heteroatoms. The molecular formula is C11H13O. The normalized spacial score (nSPS) is 10.3. The van der Waals surface area contributed by atoms with Gasteiger partial charge in [-0.1, -0.05) is 38.1 Å². The van der Waals surface area contributed by atoms with Crippen molar-refractivity contribution in [3.8, 4) is 0 Å². The smallest absolute Gasteiger partial charge is 0.165 e. The van der Waals surface area contributed by atoms with E-state index in [1.807, 2.05) is 38.1 Å². The van der Waals surface area contributed by atoms with Gasteiger partial charge >= 0.3 is 0 Å². The third-order valence-corrected chi connectivity index (χ3v) is 1.76. The fraction of sp³-hybridized carbons (Fsp3) is 0.273. The maximum absolute atomic E-state index is 11.4. The van der Waals surface area contributed by atoms with Crippen LogP contribution in [-0.2, 0) is 0 Å². The van der Waals surface area contributed by atoms with Crippen LogP contribution in [-0.4, -0.2) is 5.78 Å². The van der Waals surface area contributed by atoms with Crippen LogP contribution in [0.2, 0.25) is 0 Å². The van der Waals surface area contributed by atoms with Crippen molar-refractivity contribution in [2.75, 3.05) is 0 Å². The molecular weight excluding hydrogens is 148 g/mol. The summed E-state index contributed by atoms with van der Waals surface area (Å²) in [5.41, 5.74) is 1.72. The van der Waals surface area contributed by atoms with E-state index in [2.05, 4.69) is 6.92 Å². The molecule has 1 nitrogen and oxygen atoms in total. The van der Waals surface area contributed by atoms with Crippen LogP contribution in [0.1, 0.15) is 29.8 Å². The molecule has 0 saturated heterocycles. The van der Waals surface area contributed by atoms with E-state index in [1.165, 1.54) is 0 Å². The van der Waals surface area contributed by atoms with Gasteiger partial charge in [-0.2, -0.15) is 0 Å². The lowest BCUT2D eigenvalue weighted by Gasteiger charge is -2.03. The monoisotopic (exact) mass is 161 g/mol. The Bertz CT molecular complexity index is 270. The Morgan fingerprint density at radius 2 is 1.75 bits per heavy atom. The summed E-state index contributed by atoms with van der Waals surface area (Å²) < 4.78 is 0. The summed E-state index contributed by atoms with van der Waals surface area (Å²) in [6, 6.07) is 7.36. The first-order valence-corrected chi connectivity index (χ1v) is 4.07. The second-order valence-electron chi connectivity index (χ2n) is 3.22. The van der Waals surface area contributed by atoms with Gasteiger partial charge in [0.2, 0.25) is 0 Å². The molecule has 63 valence electrons. The maximum atomic E-state index is 11.4. The van der Waals surface area contributed by atoms with Gasteiger partial charge in [-0.05, 0) is 12.5 Å². The highest BCUT2D eigenvalue weighted by molar-refractivity contribution is 5.97. The number of hydrogen-bond donors (Lipinski definition) is 0. The first-order chi connectivity index (χ1) is 5.61. The maximum Gasteiger partial charge on any atom is 0.165 e. The van der Waals surface area contributed by atoms with Crippen LogP contribution in [0.5, 0.6) is 0 Å². The van der Waals surface area contributed by atoms with Crippen LogP contribution in [0, 0.1) is 12.8 Å². The second kappa shape index (κ2) is 3.53. The van der Waals surface area contributed by atoms with E-state index in [1.54, 1.807) is 0 Å². The van der Waals surface area contributed by atoms with Crippen molar-refractivity contribution in [1.29, 1.82) is 0 Å². The summed E-state index contributed by atoms with van der Waals surface area (Å²) in [7, 11) is 0. The van der Waals surface area contributed by atoms with Gasteiger partial charge in [0, 0.05) is 11.5 Å². The van der Waals surface area contributed by atoms with Crippen molar-refractivity contribution in [3.05, 3.63) is 42.3 Å². The molecule has 1 radical (unpaired) electrons. The summed E-state index contributed by atoms with van der Waals surface area (Å²) in [4.78, 5) is 11.4. The molecule has 0 unspecified atom stereocenters. The van der Waals surface area contributed by atoms with Crippen LogP contribution in [0.3, 0.4) is 0 Å². The van der Waals surface area contributed by atoms with Gasteiger partial charge in [0.05, 0.1) is 0 Å². The van der Waals surface area contributed by atoms with E-state index in [9.17, 15) is 4.79 Å². The van der Waals surface area contributed by atoms with Crippen LogP contribution in [0.4, 0.5) is 0 Å². The van der Waals surface area contributed by atoms with E-state index in [4.69, 9.17) is 0 Å². The van der Waals surface area contributed by atoms with Crippen molar-refractivity contribution in [2.45, 2.75) is 13.8 Å². The molecule has 0 spiro atoms. The van der Waals surface area contributed by atoms with Crippen LogP contribution < -0.4 is 0 Å². The quantitative estimate of drug-likeness (QED) is 0.609. The Kier molecular flexibility index (Phi) is 2.64. The standard InChI is InChI=1S/C11H13O/c1-8(2)11(12)10-6-4-9(3)5-7-10/h4-8H,3H2,1-2H3. The number of benzene rings is 1. The summed E-state index contributed by atoms with van der Waals surface area (Å²) in [6.07, 6.45) is 0. The number of rotatable bonds is 2. The number of carbonyl (C=O) groups excluding carboxylic acids is 1. The molecule has 12 heavy (non-hydrogen) atoms. The second-order valence-corrected chi connectivity index (χ2v) is 3.22. The van der Waals surface area contributed by atoms with E-state index in [0.29, 0.717) is 0 Å². The van der Waals surface area contributed by atoms with Crippen molar-refractivity contribution in [1.82, 2.24) is 0 Å². The van der Waals surface area contributed by atoms with Crippen molar-refractivity contribution >= 4 is 5.78 Å². The zero-order chi connectivity index (χ0) is 9.14. The molecule has 0 bridgehead atoms. The molecule has 0 fully saturated rings. The largest absolute Gasteiger partial charge is 0.294 e. The van der Waals surface area contributed by atoms with Crippen LogP contribution in [0.25, 0.3) is 0 Å². The number of ketones is 1. The van der Waals surface area contributed by atoms with Gasteiger partial charge in [0.1, 0.15) is 0 Å². The molecule has 0 amide bonds. The van der Waals surface area contributed by atoms with E-state index in [-0.39, 0.29) is 11.7 Å². The van der Waals surface area contributed by atoms with Gasteiger partial charge in [0.25, 0.3) is 0 Å². The molecule has 0 heterocycles. The Morgan fingerprint density at radius 3 is 2.17 bits per heavy atom. The first kappa shape index (κ1) is 8.98. The lowest BCUT2D eigenvalue weighted by Crippen LogP contribution is -2.06. The van der Waals surface area contributed by atoms with E-state index < -0.39 is 0 Å². The molecule has 0 aliphatic rings. The zero-order valence-electron chi connectivity index (χ0n) is 7.50. The van der Waals surface area contributed by atoms with E-state index in [0.717, 1.165) is 11.1 Å².